The Kier molecular flexibility index (Phi) is 2.70. The van der Waals surface area contributed by atoms with Gasteiger partial charge in [0.1, 0.15) is 10.1 Å². The fourth-order valence-corrected chi connectivity index (χ4v) is 2.69. The number of alkyl halides is 1. The number of benzene rings is 1. The Hall–Kier alpha value is -1.01. The van der Waals surface area contributed by atoms with E-state index in [9.17, 15) is 5.26 Å². The van der Waals surface area contributed by atoms with Gasteiger partial charge in [-0.05, 0) is 42.5 Å². The maximum Gasteiger partial charge on any atom is 0.137 e. The Morgan fingerprint density at radius 1 is 1.53 bits per heavy atom. The van der Waals surface area contributed by atoms with E-state index in [4.69, 9.17) is 4.74 Å². The molecule has 15 heavy (non-hydrogen) atoms. The van der Waals surface area contributed by atoms with Crippen LogP contribution in [0.15, 0.2) is 18.2 Å². The molecule has 0 saturated carbocycles. The minimum atomic E-state index is -0.519. The molecule has 78 valence electrons. The molecule has 0 saturated heterocycles. The molecule has 1 atom stereocenters. The van der Waals surface area contributed by atoms with Gasteiger partial charge >= 0.3 is 0 Å². The van der Waals surface area contributed by atoms with Crippen LogP contribution in [0.2, 0.25) is 0 Å². The van der Waals surface area contributed by atoms with Gasteiger partial charge in [-0.25, -0.2) is 0 Å². The van der Waals surface area contributed by atoms with Gasteiger partial charge in [0.15, 0.2) is 0 Å². The monoisotopic (exact) mass is 265 g/mol. The number of methoxy groups -OCH3 is 1. The number of hydrogen-bond acceptors (Lipinski definition) is 2. The maximum atomic E-state index is 9.22. The topological polar surface area (TPSA) is 33.0 Å². The van der Waals surface area contributed by atoms with E-state index < -0.39 is 4.32 Å². The lowest BCUT2D eigenvalue weighted by Gasteiger charge is -2.28. The summed E-state index contributed by atoms with van der Waals surface area (Å²) >= 11 is 3.54. The second-order valence-electron chi connectivity index (χ2n) is 3.79. The summed E-state index contributed by atoms with van der Waals surface area (Å²) in [6.45, 7) is 0. The second-order valence-corrected chi connectivity index (χ2v) is 5.14. The van der Waals surface area contributed by atoms with Crippen LogP contribution >= 0.6 is 15.9 Å². The average Bonchev–Trinajstić information content (AvgIpc) is 2.29. The summed E-state index contributed by atoms with van der Waals surface area (Å²) < 4.78 is 4.67. The third kappa shape index (κ3) is 1.74. The predicted molar refractivity (Wildman–Crippen MR) is 62.2 cm³/mol. The Morgan fingerprint density at radius 2 is 2.33 bits per heavy atom. The van der Waals surface area contributed by atoms with Gasteiger partial charge < -0.3 is 4.74 Å². The van der Waals surface area contributed by atoms with E-state index in [2.05, 4.69) is 28.1 Å². The smallest absolute Gasteiger partial charge is 0.137 e. The highest BCUT2D eigenvalue weighted by Crippen LogP contribution is 2.43. The van der Waals surface area contributed by atoms with Crippen molar-refractivity contribution in [1.82, 2.24) is 0 Å². The number of halogens is 1. The Labute approximate surface area is 98.0 Å². The number of nitriles is 1. The van der Waals surface area contributed by atoms with E-state index >= 15 is 0 Å². The van der Waals surface area contributed by atoms with Crippen molar-refractivity contribution in [2.45, 2.75) is 23.6 Å². The zero-order valence-corrected chi connectivity index (χ0v) is 10.2. The first-order valence-corrected chi connectivity index (χ1v) is 5.76. The summed E-state index contributed by atoms with van der Waals surface area (Å²) in [5, 5.41) is 9.22. The van der Waals surface area contributed by atoms with E-state index in [0.717, 1.165) is 30.6 Å². The third-order valence-electron chi connectivity index (χ3n) is 2.89. The van der Waals surface area contributed by atoms with Crippen molar-refractivity contribution in [3.63, 3.8) is 0 Å². The van der Waals surface area contributed by atoms with E-state index in [0.29, 0.717) is 0 Å². The molecule has 0 amide bonds. The summed E-state index contributed by atoms with van der Waals surface area (Å²) in [5.74, 6) is 0.815. The number of rotatable bonds is 1. The molecule has 1 unspecified atom stereocenters. The molecule has 0 N–H and O–H groups in total. The van der Waals surface area contributed by atoms with Crippen molar-refractivity contribution < 1.29 is 4.74 Å². The molecule has 3 heteroatoms. The predicted octanol–water partition coefficient (Wildman–Crippen LogP) is 3.15. The van der Waals surface area contributed by atoms with E-state index in [1.807, 2.05) is 12.1 Å². The van der Waals surface area contributed by atoms with Crippen molar-refractivity contribution in [2.24, 2.45) is 0 Å². The molecule has 2 nitrogen and oxygen atoms in total. The van der Waals surface area contributed by atoms with Gasteiger partial charge in [0.25, 0.3) is 0 Å². The molecule has 0 spiro atoms. The first-order chi connectivity index (χ1) is 7.19. The highest BCUT2D eigenvalue weighted by atomic mass is 79.9. The Balaban J connectivity index is 2.54. The highest BCUT2D eigenvalue weighted by molar-refractivity contribution is 9.09. The van der Waals surface area contributed by atoms with Gasteiger partial charge in [0.2, 0.25) is 0 Å². The molecule has 2 rings (SSSR count). The van der Waals surface area contributed by atoms with Gasteiger partial charge in [-0.15, -0.1) is 0 Å². The van der Waals surface area contributed by atoms with Crippen molar-refractivity contribution in [3.8, 4) is 11.8 Å². The fraction of sp³-hybridized carbons (Fsp3) is 0.417. The molecule has 0 aliphatic heterocycles. The molecular weight excluding hydrogens is 254 g/mol. The SMILES string of the molecule is COc1ccc2c(c1)C(Br)(C#N)CCC2. The zero-order valence-electron chi connectivity index (χ0n) is 8.59. The van der Waals surface area contributed by atoms with Crippen molar-refractivity contribution in [2.75, 3.05) is 7.11 Å². The van der Waals surface area contributed by atoms with Crippen LogP contribution in [0.4, 0.5) is 0 Å². The number of fused-ring (bicyclic) bond motifs is 1. The van der Waals surface area contributed by atoms with Crippen LogP contribution in [-0.2, 0) is 10.7 Å². The molecule has 1 aliphatic carbocycles. The lowest BCUT2D eigenvalue weighted by Crippen LogP contribution is -2.22. The fourth-order valence-electron chi connectivity index (χ4n) is 2.04. The molecule has 1 aliphatic rings. The van der Waals surface area contributed by atoms with Crippen LogP contribution in [0, 0.1) is 11.3 Å². The first kappa shape index (κ1) is 10.5. The van der Waals surface area contributed by atoms with Gasteiger partial charge in [0, 0.05) is 0 Å². The van der Waals surface area contributed by atoms with E-state index in [1.165, 1.54) is 5.56 Å². The third-order valence-corrected chi connectivity index (χ3v) is 3.89. The molecule has 0 heterocycles. The van der Waals surface area contributed by atoms with Crippen LogP contribution in [0.5, 0.6) is 5.75 Å². The number of hydrogen-bond donors (Lipinski definition) is 0. The van der Waals surface area contributed by atoms with Gasteiger partial charge in [-0.2, -0.15) is 5.26 Å². The van der Waals surface area contributed by atoms with E-state index in [-0.39, 0.29) is 0 Å². The lowest BCUT2D eigenvalue weighted by molar-refractivity contribution is 0.413. The molecule has 0 aromatic heterocycles. The molecule has 0 radical (unpaired) electrons. The van der Waals surface area contributed by atoms with Crippen molar-refractivity contribution in [3.05, 3.63) is 29.3 Å². The largest absolute Gasteiger partial charge is 0.497 e. The number of nitrogens with zero attached hydrogens (tertiary/aromatic N) is 1. The zero-order chi connectivity index (χ0) is 10.9. The Bertz CT molecular complexity index is 424. The van der Waals surface area contributed by atoms with Crippen LogP contribution in [-0.4, -0.2) is 7.11 Å². The van der Waals surface area contributed by atoms with Crippen LogP contribution < -0.4 is 4.74 Å². The average molecular weight is 266 g/mol. The van der Waals surface area contributed by atoms with Gasteiger partial charge in [0.05, 0.1) is 13.2 Å². The minimum absolute atomic E-state index is 0.519. The minimum Gasteiger partial charge on any atom is -0.497 e. The normalized spacial score (nSPS) is 24.1. The van der Waals surface area contributed by atoms with Crippen LogP contribution in [0.1, 0.15) is 24.0 Å². The van der Waals surface area contributed by atoms with E-state index in [1.54, 1.807) is 7.11 Å². The molecule has 1 aromatic carbocycles. The standard InChI is InChI=1S/C12H12BrNO/c1-15-10-5-4-9-3-2-6-12(13,8-14)11(9)7-10/h4-5,7H,2-3,6H2,1H3. The van der Waals surface area contributed by atoms with Gasteiger partial charge in [-0.1, -0.05) is 22.0 Å². The highest BCUT2D eigenvalue weighted by Gasteiger charge is 2.34. The molecule has 0 fully saturated rings. The summed E-state index contributed by atoms with van der Waals surface area (Å²) in [5.41, 5.74) is 2.32. The maximum absolute atomic E-state index is 9.22. The summed E-state index contributed by atoms with van der Waals surface area (Å²) in [4.78, 5) is 0. The number of aryl methyl sites for hydroxylation is 1. The van der Waals surface area contributed by atoms with Gasteiger partial charge in [-0.3, -0.25) is 0 Å². The van der Waals surface area contributed by atoms with Crippen LogP contribution in [0.25, 0.3) is 0 Å². The quantitative estimate of drug-likeness (QED) is 0.731. The second kappa shape index (κ2) is 3.86. The van der Waals surface area contributed by atoms with Crippen molar-refractivity contribution >= 4 is 15.9 Å². The lowest BCUT2D eigenvalue weighted by atomic mass is 9.83. The van der Waals surface area contributed by atoms with Crippen molar-refractivity contribution in [1.29, 1.82) is 5.26 Å². The van der Waals surface area contributed by atoms with Crippen LogP contribution in [0.3, 0.4) is 0 Å². The molecule has 1 aromatic rings. The summed E-state index contributed by atoms with van der Waals surface area (Å²) in [7, 11) is 1.65. The molecule has 0 bridgehead atoms. The summed E-state index contributed by atoms with van der Waals surface area (Å²) in [6, 6.07) is 8.32. The summed E-state index contributed by atoms with van der Waals surface area (Å²) in [6.07, 6.45) is 2.97. The Morgan fingerprint density at radius 3 is 3.00 bits per heavy atom. The molecular formula is C12H12BrNO. The first-order valence-electron chi connectivity index (χ1n) is 4.97. The number of ether oxygens (including phenoxy) is 1.